The Hall–Kier alpha value is -2.90. The first-order chi connectivity index (χ1) is 11.8. The number of nitrogens with zero attached hydrogens (tertiary/aromatic N) is 4. The lowest BCUT2D eigenvalue weighted by Crippen LogP contribution is -2.59. The summed E-state index contributed by atoms with van der Waals surface area (Å²) in [5.74, 6) is -2.55. The highest BCUT2D eigenvalue weighted by molar-refractivity contribution is 6.33. The van der Waals surface area contributed by atoms with Gasteiger partial charge in [-0.15, -0.1) is 0 Å². The quantitative estimate of drug-likeness (QED) is 0.826. The van der Waals surface area contributed by atoms with E-state index in [1.165, 1.54) is 25.2 Å². The second-order valence-electron chi connectivity index (χ2n) is 5.76. The smallest absolute Gasteiger partial charge is 0.284 e. The van der Waals surface area contributed by atoms with Crippen LogP contribution in [0.2, 0.25) is 0 Å². The van der Waals surface area contributed by atoms with Crippen molar-refractivity contribution >= 4 is 29.2 Å². The molecule has 0 bridgehead atoms. The molecule has 0 aliphatic carbocycles. The predicted octanol–water partition coefficient (Wildman–Crippen LogP) is 2.88. The number of amides is 3. The normalized spacial score (nSPS) is 22.1. The molecule has 3 amide bonds. The average Bonchev–Trinajstić information content (AvgIpc) is 2.60. The van der Waals surface area contributed by atoms with Crippen molar-refractivity contribution < 1.29 is 18.4 Å². The maximum Gasteiger partial charge on any atom is 0.331 e. The van der Waals surface area contributed by atoms with Gasteiger partial charge in [-0.25, -0.2) is 23.6 Å². The van der Waals surface area contributed by atoms with E-state index in [0.717, 1.165) is 23.1 Å². The molecule has 3 rings (SSSR count). The summed E-state index contributed by atoms with van der Waals surface area (Å²) in [6, 6.07) is 2.43. The number of halogens is 2. The summed E-state index contributed by atoms with van der Waals surface area (Å²) in [7, 11) is 2.87. The van der Waals surface area contributed by atoms with Crippen molar-refractivity contribution in [2.24, 2.45) is 15.9 Å². The fraction of sp³-hybridized carbons (Fsp3) is 0.294. The van der Waals surface area contributed by atoms with Gasteiger partial charge in [0, 0.05) is 26.4 Å². The van der Waals surface area contributed by atoms with Crippen LogP contribution in [0.1, 0.15) is 13.3 Å². The van der Waals surface area contributed by atoms with Crippen molar-refractivity contribution in [3.05, 3.63) is 41.6 Å². The number of hydrogen-bond acceptors (Lipinski definition) is 4. The molecular formula is C17H16F2N4O2. The van der Waals surface area contributed by atoms with Crippen LogP contribution >= 0.6 is 0 Å². The van der Waals surface area contributed by atoms with Crippen LogP contribution in [0.5, 0.6) is 0 Å². The van der Waals surface area contributed by atoms with E-state index in [1.54, 1.807) is 0 Å². The first-order valence-electron chi connectivity index (χ1n) is 7.71. The summed E-state index contributed by atoms with van der Waals surface area (Å²) in [6.45, 7) is 1.84. The molecule has 0 saturated carbocycles. The number of amidine groups is 1. The first kappa shape index (κ1) is 16.9. The molecule has 1 aromatic rings. The van der Waals surface area contributed by atoms with E-state index in [1.807, 2.05) is 6.92 Å². The molecule has 1 saturated heterocycles. The molecule has 1 atom stereocenters. The van der Waals surface area contributed by atoms with Crippen molar-refractivity contribution in [2.45, 2.75) is 13.3 Å². The first-order valence-corrected chi connectivity index (χ1v) is 7.71. The summed E-state index contributed by atoms with van der Waals surface area (Å²) >= 11 is 0. The van der Waals surface area contributed by atoms with E-state index >= 15 is 0 Å². The zero-order valence-electron chi connectivity index (χ0n) is 14.0. The van der Waals surface area contributed by atoms with Crippen LogP contribution in [-0.2, 0) is 4.79 Å². The van der Waals surface area contributed by atoms with E-state index in [0.29, 0.717) is 12.0 Å². The van der Waals surface area contributed by atoms with Crippen molar-refractivity contribution in [3.8, 4) is 0 Å². The molecule has 1 unspecified atom stereocenters. The summed E-state index contributed by atoms with van der Waals surface area (Å²) in [6.07, 6.45) is 2.00. The Kier molecular flexibility index (Phi) is 4.20. The highest BCUT2D eigenvalue weighted by Gasteiger charge is 2.45. The van der Waals surface area contributed by atoms with Crippen molar-refractivity contribution in [3.63, 3.8) is 0 Å². The lowest BCUT2D eigenvalue weighted by atomic mass is 9.89. The number of aliphatic imine (C=N–C) groups is 2. The molecule has 0 spiro atoms. The Balaban J connectivity index is 2.17. The fourth-order valence-electron chi connectivity index (χ4n) is 2.82. The second-order valence-corrected chi connectivity index (χ2v) is 5.76. The number of fused-ring (bicyclic) bond motifs is 1. The Morgan fingerprint density at radius 2 is 1.92 bits per heavy atom. The zero-order valence-corrected chi connectivity index (χ0v) is 14.0. The zero-order chi connectivity index (χ0) is 18.3. The number of allylic oxidation sites excluding steroid dienone is 1. The summed E-state index contributed by atoms with van der Waals surface area (Å²) in [5, 5.41) is 0. The molecule has 2 aliphatic rings. The summed E-state index contributed by atoms with van der Waals surface area (Å²) in [5.41, 5.74) is 0.695. The molecule has 2 heterocycles. The van der Waals surface area contributed by atoms with E-state index < -0.39 is 29.5 Å². The van der Waals surface area contributed by atoms with Crippen molar-refractivity contribution in [2.75, 3.05) is 14.1 Å². The van der Waals surface area contributed by atoms with Gasteiger partial charge in [0.1, 0.15) is 29.1 Å². The number of urea groups is 1. The topological polar surface area (TPSA) is 65.3 Å². The number of rotatable bonds is 2. The van der Waals surface area contributed by atoms with E-state index in [9.17, 15) is 18.4 Å². The standard InChI is InChI=1S/C17H16F2N4O2/c1-4-9-8-20-15-13(16(24)23(3)17(25)22(15)2)14(9)21-12-7-10(18)5-6-11(12)19/h5-8,13H,4H2,1-3H3. The molecule has 1 aromatic carbocycles. The summed E-state index contributed by atoms with van der Waals surface area (Å²) < 4.78 is 27.5. The lowest BCUT2D eigenvalue weighted by molar-refractivity contribution is -0.128. The number of carbonyl (C=O) groups excluding carboxylic acids is 2. The fourth-order valence-corrected chi connectivity index (χ4v) is 2.82. The average molecular weight is 346 g/mol. The van der Waals surface area contributed by atoms with Crippen LogP contribution in [0.25, 0.3) is 0 Å². The second kappa shape index (κ2) is 6.19. The van der Waals surface area contributed by atoms with Crippen LogP contribution in [0, 0.1) is 17.6 Å². The summed E-state index contributed by atoms with van der Waals surface area (Å²) in [4.78, 5) is 35.4. The van der Waals surface area contributed by atoms with E-state index in [4.69, 9.17) is 0 Å². The number of carbonyl (C=O) groups is 2. The number of hydrogen-bond donors (Lipinski definition) is 0. The molecule has 8 heteroatoms. The lowest BCUT2D eigenvalue weighted by Gasteiger charge is -2.37. The van der Waals surface area contributed by atoms with Gasteiger partial charge in [-0.1, -0.05) is 6.92 Å². The van der Waals surface area contributed by atoms with Gasteiger partial charge < -0.3 is 0 Å². The SMILES string of the molecule is CCC1=CN=C2C(C(=O)N(C)C(=O)N2C)C1=Nc1cc(F)ccc1F. The van der Waals surface area contributed by atoms with Gasteiger partial charge in [-0.2, -0.15) is 0 Å². The minimum Gasteiger partial charge on any atom is -0.284 e. The minimum atomic E-state index is -0.935. The van der Waals surface area contributed by atoms with E-state index in [2.05, 4.69) is 9.98 Å². The Bertz CT molecular complexity index is 860. The molecule has 130 valence electrons. The molecule has 25 heavy (non-hydrogen) atoms. The van der Waals surface area contributed by atoms with Gasteiger partial charge in [0.15, 0.2) is 0 Å². The van der Waals surface area contributed by atoms with Crippen molar-refractivity contribution in [1.82, 2.24) is 9.80 Å². The van der Waals surface area contributed by atoms with Gasteiger partial charge in [-0.3, -0.25) is 14.6 Å². The maximum atomic E-state index is 14.0. The highest BCUT2D eigenvalue weighted by Crippen LogP contribution is 2.30. The molecule has 6 nitrogen and oxygen atoms in total. The van der Waals surface area contributed by atoms with E-state index in [-0.39, 0.29) is 17.2 Å². The third-order valence-corrected chi connectivity index (χ3v) is 4.24. The largest absolute Gasteiger partial charge is 0.331 e. The van der Waals surface area contributed by atoms with Gasteiger partial charge in [-0.05, 0) is 24.1 Å². The molecule has 0 N–H and O–H groups in total. The van der Waals surface area contributed by atoms with Crippen LogP contribution in [-0.4, -0.2) is 47.4 Å². The molecule has 0 radical (unpaired) electrons. The Morgan fingerprint density at radius 1 is 1.20 bits per heavy atom. The molecule has 2 aliphatic heterocycles. The highest BCUT2D eigenvalue weighted by atomic mass is 19.1. The Morgan fingerprint density at radius 3 is 2.60 bits per heavy atom. The maximum absolute atomic E-state index is 14.0. The molecule has 1 fully saturated rings. The van der Waals surface area contributed by atoms with Crippen molar-refractivity contribution in [1.29, 1.82) is 0 Å². The van der Waals surface area contributed by atoms with Gasteiger partial charge in [0.25, 0.3) is 0 Å². The van der Waals surface area contributed by atoms with Crippen LogP contribution < -0.4 is 0 Å². The monoisotopic (exact) mass is 346 g/mol. The molecular weight excluding hydrogens is 330 g/mol. The van der Waals surface area contributed by atoms with Crippen LogP contribution in [0.4, 0.5) is 19.3 Å². The van der Waals surface area contributed by atoms with Gasteiger partial charge >= 0.3 is 6.03 Å². The predicted molar refractivity (Wildman–Crippen MR) is 88.7 cm³/mol. The van der Waals surface area contributed by atoms with Crippen LogP contribution in [0.15, 0.2) is 40.0 Å². The number of imide groups is 1. The van der Waals surface area contributed by atoms with Crippen LogP contribution in [0.3, 0.4) is 0 Å². The molecule has 0 aromatic heterocycles. The van der Waals surface area contributed by atoms with Gasteiger partial charge in [0.2, 0.25) is 5.91 Å². The third-order valence-electron chi connectivity index (χ3n) is 4.24. The Labute approximate surface area is 143 Å². The van der Waals surface area contributed by atoms with Gasteiger partial charge in [0.05, 0.1) is 5.71 Å². The number of benzene rings is 1. The minimum absolute atomic E-state index is 0.203. The third kappa shape index (κ3) is 2.73.